The van der Waals surface area contributed by atoms with Gasteiger partial charge in [0, 0.05) is 6.54 Å². The first-order valence-electron chi connectivity index (χ1n) is 2.91. The van der Waals surface area contributed by atoms with Gasteiger partial charge < -0.3 is 5.32 Å². The number of allylic oxidation sites excluding steroid dienone is 1. The molecule has 2 N–H and O–H groups in total. The summed E-state index contributed by atoms with van der Waals surface area (Å²) in [5.41, 5.74) is 6.80. The molecule has 0 amide bonds. The van der Waals surface area contributed by atoms with Crippen LogP contribution in [0, 0.1) is 0 Å². The highest BCUT2D eigenvalue weighted by molar-refractivity contribution is 7.80. The van der Waals surface area contributed by atoms with E-state index in [4.69, 9.17) is 5.73 Å². The number of nitrogens with one attached hydrogen (secondary N) is 2. The molecule has 0 saturated carbocycles. The lowest BCUT2D eigenvalue weighted by molar-refractivity contribution is 1.03. The highest BCUT2D eigenvalue weighted by atomic mass is 32.1. The molecule has 0 aromatic carbocycles. The molecule has 0 aliphatic rings. The first-order valence-corrected chi connectivity index (χ1v) is 3.32. The summed E-state index contributed by atoms with van der Waals surface area (Å²) < 4.78 is 0. The lowest BCUT2D eigenvalue weighted by atomic mass is 10.4. The Morgan fingerprint density at radius 2 is 2.33 bits per heavy atom. The van der Waals surface area contributed by atoms with E-state index in [9.17, 15) is 0 Å². The van der Waals surface area contributed by atoms with E-state index >= 15 is 0 Å². The van der Waals surface area contributed by atoms with Gasteiger partial charge in [0.15, 0.2) is 5.11 Å². The summed E-state index contributed by atoms with van der Waals surface area (Å²) in [7, 11) is 0. The highest BCUT2D eigenvalue weighted by Gasteiger charge is 1.79. The first-order chi connectivity index (χ1) is 4.27. The molecule has 0 bridgehead atoms. The quantitative estimate of drug-likeness (QED) is 0.474. The Bertz CT molecular complexity index is 110. The molecule has 0 saturated heterocycles. The fraction of sp³-hybridized carbons (Fsp3) is 0.500. The van der Waals surface area contributed by atoms with Crippen molar-refractivity contribution < 1.29 is 0 Å². The van der Waals surface area contributed by atoms with Crippen LogP contribution in [0.15, 0.2) is 12.2 Å². The van der Waals surface area contributed by atoms with Crippen molar-refractivity contribution in [2.75, 3.05) is 6.54 Å². The Morgan fingerprint density at radius 1 is 1.67 bits per heavy atom. The van der Waals surface area contributed by atoms with Crippen LogP contribution in [-0.4, -0.2) is 11.7 Å². The average molecular weight is 143 g/mol. The van der Waals surface area contributed by atoms with Gasteiger partial charge in [0.2, 0.25) is 0 Å². The molecular weight excluding hydrogens is 132 g/mol. The molecule has 2 nitrogen and oxygen atoms in total. The Balaban J connectivity index is 3.09. The molecular formula is C6H11N2S. The predicted octanol–water partition coefficient (Wildman–Crippen LogP) is 1.11. The van der Waals surface area contributed by atoms with Gasteiger partial charge in [-0.25, -0.2) is 0 Å². The maximum absolute atomic E-state index is 6.80. The van der Waals surface area contributed by atoms with Gasteiger partial charge in [-0.05, 0) is 18.6 Å². The molecule has 0 aliphatic carbocycles. The van der Waals surface area contributed by atoms with E-state index in [2.05, 4.69) is 24.5 Å². The zero-order chi connectivity index (χ0) is 7.11. The van der Waals surface area contributed by atoms with Gasteiger partial charge in [-0.2, -0.15) is 0 Å². The molecule has 0 fully saturated rings. The number of thiocarbonyl (C=S) groups is 1. The number of hydrogen-bond donors (Lipinski definition) is 1. The summed E-state index contributed by atoms with van der Waals surface area (Å²) in [5, 5.41) is 2.80. The zero-order valence-electron chi connectivity index (χ0n) is 5.48. The normalized spacial score (nSPS) is 9.89. The topological polar surface area (TPSA) is 35.8 Å². The second-order valence-corrected chi connectivity index (χ2v) is 2.00. The van der Waals surface area contributed by atoms with E-state index in [1.165, 1.54) is 0 Å². The minimum Gasteiger partial charge on any atom is -0.358 e. The molecule has 0 aromatic rings. The van der Waals surface area contributed by atoms with Crippen molar-refractivity contribution in [2.45, 2.75) is 13.3 Å². The van der Waals surface area contributed by atoms with Crippen LogP contribution in [0.3, 0.4) is 0 Å². The minimum absolute atomic E-state index is 0.107. The van der Waals surface area contributed by atoms with Crippen LogP contribution in [0.5, 0.6) is 0 Å². The van der Waals surface area contributed by atoms with Gasteiger partial charge in [-0.15, -0.1) is 0 Å². The summed E-state index contributed by atoms with van der Waals surface area (Å²) in [6.07, 6.45) is 5.03. The molecule has 0 heterocycles. The van der Waals surface area contributed by atoms with Crippen LogP contribution >= 0.6 is 12.2 Å². The van der Waals surface area contributed by atoms with Gasteiger partial charge in [0.25, 0.3) is 0 Å². The lowest BCUT2D eigenvalue weighted by Crippen LogP contribution is -2.21. The van der Waals surface area contributed by atoms with Crippen molar-refractivity contribution >= 4 is 17.3 Å². The third-order valence-corrected chi connectivity index (χ3v) is 0.927. The van der Waals surface area contributed by atoms with Crippen LogP contribution < -0.4 is 11.1 Å². The Kier molecular flexibility index (Phi) is 5.21. The maximum atomic E-state index is 6.80. The summed E-state index contributed by atoms with van der Waals surface area (Å²) in [5.74, 6) is 0. The molecule has 3 heteroatoms. The number of hydrogen-bond acceptors (Lipinski definition) is 1. The van der Waals surface area contributed by atoms with Crippen molar-refractivity contribution in [3.8, 4) is 0 Å². The van der Waals surface area contributed by atoms with Crippen molar-refractivity contribution in [1.82, 2.24) is 11.1 Å². The predicted molar refractivity (Wildman–Crippen MR) is 43.1 cm³/mol. The second-order valence-electron chi connectivity index (χ2n) is 1.59. The maximum Gasteiger partial charge on any atom is 0.185 e. The Labute approximate surface area is 61.1 Å². The SMILES string of the molecule is CC/C=C/CNC([NH])=S. The van der Waals surface area contributed by atoms with Crippen LogP contribution in [0.2, 0.25) is 0 Å². The average Bonchev–Trinajstić information content (AvgIpc) is 1.80. The van der Waals surface area contributed by atoms with Gasteiger partial charge in [0.05, 0.1) is 0 Å². The minimum atomic E-state index is 0.107. The molecule has 51 valence electrons. The Hall–Kier alpha value is -0.570. The van der Waals surface area contributed by atoms with Crippen LogP contribution in [0.4, 0.5) is 0 Å². The monoisotopic (exact) mass is 143 g/mol. The van der Waals surface area contributed by atoms with E-state index in [-0.39, 0.29) is 5.11 Å². The summed E-state index contributed by atoms with van der Waals surface area (Å²) >= 11 is 4.47. The van der Waals surface area contributed by atoms with Gasteiger partial charge >= 0.3 is 0 Å². The first kappa shape index (κ1) is 8.43. The van der Waals surface area contributed by atoms with Crippen LogP contribution in [0.1, 0.15) is 13.3 Å². The summed E-state index contributed by atoms with van der Waals surface area (Å²) in [6.45, 7) is 2.74. The van der Waals surface area contributed by atoms with E-state index in [0.717, 1.165) is 6.42 Å². The fourth-order valence-electron chi connectivity index (χ4n) is 0.402. The van der Waals surface area contributed by atoms with E-state index in [0.29, 0.717) is 6.54 Å². The molecule has 0 spiro atoms. The molecule has 0 unspecified atom stereocenters. The van der Waals surface area contributed by atoms with Gasteiger partial charge in [-0.1, -0.05) is 19.1 Å². The van der Waals surface area contributed by atoms with Crippen molar-refractivity contribution in [2.24, 2.45) is 0 Å². The van der Waals surface area contributed by atoms with Crippen molar-refractivity contribution in [3.63, 3.8) is 0 Å². The standard InChI is InChI=1S/C6H11N2S/c1-2-3-4-5-8-6(7)9/h3-4,7H,2,5H2,1H3,(H,8,9)/b4-3+. The molecule has 0 aromatic heterocycles. The molecule has 9 heavy (non-hydrogen) atoms. The van der Waals surface area contributed by atoms with Gasteiger partial charge in [0.1, 0.15) is 0 Å². The lowest BCUT2D eigenvalue weighted by Gasteiger charge is -1.94. The molecule has 0 aliphatic heterocycles. The third-order valence-electron chi connectivity index (χ3n) is 0.783. The van der Waals surface area contributed by atoms with Gasteiger partial charge in [-0.3, -0.25) is 5.73 Å². The molecule has 1 radical (unpaired) electrons. The second kappa shape index (κ2) is 5.56. The summed E-state index contributed by atoms with van der Waals surface area (Å²) in [4.78, 5) is 0. The van der Waals surface area contributed by atoms with E-state index in [1.807, 2.05) is 12.2 Å². The van der Waals surface area contributed by atoms with E-state index < -0.39 is 0 Å². The molecule has 0 atom stereocenters. The smallest absolute Gasteiger partial charge is 0.185 e. The zero-order valence-corrected chi connectivity index (χ0v) is 6.29. The number of rotatable bonds is 3. The Morgan fingerprint density at radius 3 is 2.78 bits per heavy atom. The largest absolute Gasteiger partial charge is 0.358 e. The fourth-order valence-corrected chi connectivity index (χ4v) is 0.485. The van der Waals surface area contributed by atoms with E-state index in [1.54, 1.807) is 0 Å². The van der Waals surface area contributed by atoms with Crippen molar-refractivity contribution in [3.05, 3.63) is 12.2 Å². The highest BCUT2D eigenvalue weighted by Crippen LogP contribution is 1.76. The third kappa shape index (κ3) is 7.43. The van der Waals surface area contributed by atoms with Crippen molar-refractivity contribution in [1.29, 1.82) is 0 Å². The molecule has 0 rings (SSSR count). The summed E-state index contributed by atoms with van der Waals surface area (Å²) in [6, 6.07) is 0. The van der Waals surface area contributed by atoms with Crippen LogP contribution in [0.25, 0.3) is 0 Å². The van der Waals surface area contributed by atoms with Crippen LogP contribution in [-0.2, 0) is 0 Å².